The Bertz CT molecular complexity index is 700. The van der Waals surface area contributed by atoms with Crippen molar-refractivity contribution in [1.29, 1.82) is 0 Å². The highest BCUT2D eigenvalue weighted by Crippen LogP contribution is 2.31. The molecule has 108 valence electrons. The Labute approximate surface area is 126 Å². The molecule has 0 bridgehead atoms. The predicted octanol–water partition coefficient (Wildman–Crippen LogP) is 3.79. The second kappa shape index (κ2) is 6.28. The largest absolute Gasteiger partial charge is 0.478 e. The number of halogens is 1. The van der Waals surface area contributed by atoms with Gasteiger partial charge in [0.15, 0.2) is 5.75 Å². The number of carbonyl (C=O) groups is 2. The summed E-state index contributed by atoms with van der Waals surface area (Å²) in [7, 11) is 0. The maximum atomic E-state index is 11.1. The molecule has 0 unspecified atom stereocenters. The zero-order valence-electron chi connectivity index (χ0n) is 11.1. The van der Waals surface area contributed by atoms with Crippen LogP contribution in [0.15, 0.2) is 42.5 Å². The van der Waals surface area contributed by atoms with Gasteiger partial charge in [-0.3, -0.25) is 4.79 Å². The Hall–Kier alpha value is -2.53. The number of aromatic carboxylic acids is 1. The van der Waals surface area contributed by atoms with E-state index in [9.17, 15) is 9.59 Å². The lowest BCUT2D eigenvalue weighted by Gasteiger charge is -2.11. The van der Waals surface area contributed by atoms with Crippen molar-refractivity contribution in [2.45, 2.75) is 6.92 Å². The van der Waals surface area contributed by atoms with Crippen molar-refractivity contribution < 1.29 is 19.4 Å². The van der Waals surface area contributed by atoms with Gasteiger partial charge < -0.3 is 15.2 Å². The second-order valence-electron chi connectivity index (χ2n) is 4.23. The maximum Gasteiger partial charge on any atom is 0.337 e. The Balaban J connectivity index is 2.28. The maximum absolute atomic E-state index is 11.1. The van der Waals surface area contributed by atoms with Gasteiger partial charge in [0, 0.05) is 13.0 Å². The molecular formula is C15H12ClNO4. The lowest BCUT2D eigenvalue weighted by atomic mass is 10.2. The third-order valence-corrected chi connectivity index (χ3v) is 2.91. The van der Waals surface area contributed by atoms with Crippen LogP contribution in [0.25, 0.3) is 0 Å². The highest BCUT2D eigenvalue weighted by molar-refractivity contribution is 6.33. The Morgan fingerprint density at radius 1 is 1.19 bits per heavy atom. The van der Waals surface area contributed by atoms with E-state index < -0.39 is 5.97 Å². The first-order valence-corrected chi connectivity index (χ1v) is 6.42. The van der Waals surface area contributed by atoms with E-state index in [2.05, 4.69) is 5.32 Å². The molecular weight excluding hydrogens is 294 g/mol. The number of hydrogen-bond acceptors (Lipinski definition) is 3. The lowest BCUT2D eigenvalue weighted by molar-refractivity contribution is -0.114. The van der Waals surface area contributed by atoms with Crippen LogP contribution in [0.2, 0.25) is 5.02 Å². The molecule has 1 amide bonds. The number of ether oxygens (including phenoxy) is 1. The molecule has 0 saturated carbocycles. The molecule has 6 heteroatoms. The van der Waals surface area contributed by atoms with Gasteiger partial charge in [-0.1, -0.05) is 23.7 Å². The quantitative estimate of drug-likeness (QED) is 0.901. The first-order chi connectivity index (χ1) is 9.97. The van der Waals surface area contributed by atoms with Crippen molar-refractivity contribution in [3.05, 3.63) is 53.1 Å². The first kappa shape index (κ1) is 14.9. The minimum atomic E-state index is -1.11. The molecule has 0 aliphatic heterocycles. The van der Waals surface area contributed by atoms with Crippen LogP contribution in [-0.2, 0) is 4.79 Å². The topological polar surface area (TPSA) is 75.6 Å². The van der Waals surface area contributed by atoms with Gasteiger partial charge in [0.25, 0.3) is 0 Å². The Kier molecular flexibility index (Phi) is 4.45. The molecule has 2 aromatic carbocycles. The number of hydrogen-bond donors (Lipinski definition) is 2. The third kappa shape index (κ3) is 3.73. The van der Waals surface area contributed by atoms with Gasteiger partial charge in [0.1, 0.15) is 5.75 Å². The number of nitrogens with one attached hydrogen (secondary N) is 1. The van der Waals surface area contributed by atoms with E-state index >= 15 is 0 Å². The summed E-state index contributed by atoms with van der Waals surface area (Å²) >= 11 is 5.88. The van der Waals surface area contributed by atoms with E-state index in [-0.39, 0.29) is 16.5 Å². The number of amides is 1. The number of carboxylic acid groups (broad SMARTS) is 1. The van der Waals surface area contributed by atoms with Gasteiger partial charge in [0.05, 0.1) is 16.3 Å². The van der Waals surface area contributed by atoms with Crippen molar-refractivity contribution in [2.24, 2.45) is 0 Å². The van der Waals surface area contributed by atoms with E-state index in [4.69, 9.17) is 21.4 Å². The van der Waals surface area contributed by atoms with Crippen LogP contribution < -0.4 is 10.1 Å². The van der Waals surface area contributed by atoms with E-state index in [1.54, 1.807) is 24.3 Å². The summed E-state index contributed by atoms with van der Waals surface area (Å²) in [6, 6.07) is 11.2. The van der Waals surface area contributed by atoms with Crippen LogP contribution in [0, 0.1) is 0 Å². The molecule has 0 fully saturated rings. The average molecular weight is 306 g/mol. The number of rotatable bonds is 4. The summed E-state index contributed by atoms with van der Waals surface area (Å²) in [5, 5.41) is 11.6. The number of carbonyl (C=O) groups excluding carboxylic acids is 1. The number of anilines is 1. The van der Waals surface area contributed by atoms with Crippen molar-refractivity contribution in [2.75, 3.05) is 5.32 Å². The smallest absolute Gasteiger partial charge is 0.337 e. The van der Waals surface area contributed by atoms with Crippen LogP contribution in [0.4, 0.5) is 5.69 Å². The third-order valence-electron chi connectivity index (χ3n) is 2.60. The van der Waals surface area contributed by atoms with E-state index in [0.717, 1.165) is 0 Å². The summed E-state index contributed by atoms with van der Waals surface area (Å²) in [6.45, 7) is 1.40. The zero-order chi connectivity index (χ0) is 15.4. The zero-order valence-corrected chi connectivity index (χ0v) is 11.8. The predicted molar refractivity (Wildman–Crippen MR) is 79.2 cm³/mol. The van der Waals surface area contributed by atoms with Crippen LogP contribution in [-0.4, -0.2) is 17.0 Å². The summed E-state index contributed by atoms with van der Waals surface area (Å²) in [4.78, 5) is 22.0. The fourth-order valence-corrected chi connectivity index (χ4v) is 1.96. The fraction of sp³-hybridized carbons (Fsp3) is 0.0667. The van der Waals surface area contributed by atoms with E-state index in [1.807, 2.05) is 0 Å². The van der Waals surface area contributed by atoms with Gasteiger partial charge in [-0.2, -0.15) is 0 Å². The highest BCUT2D eigenvalue weighted by Gasteiger charge is 2.11. The van der Waals surface area contributed by atoms with Crippen molar-refractivity contribution in [3.63, 3.8) is 0 Å². The van der Waals surface area contributed by atoms with E-state index in [0.29, 0.717) is 17.2 Å². The molecule has 0 atom stereocenters. The minimum absolute atomic E-state index is 0.000775. The summed E-state index contributed by atoms with van der Waals surface area (Å²) < 4.78 is 5.63. The molecule has 0 heterocycles. The summed E-state index contributed by atoms with van der Waals surface area (Å²) in [5.41, 5.74) is 0.516. The number of benzene rings is 2. The summed E-state index contributed by atoms with van der Waals surface area (Å²) in [5.74, 6) is -0.509. The van der Waals surface area contributed by atoms with Gasteiger partial charge in [-0.05, 0) is 24.3 Å². The molecule has 2 N–H and O–H groups in total. The molecule has 5 nitrogen and oxygen atoms in total. The normalized spacial score (nSPS) is 10.0. The Morgan fingerprint density at radius 3 is 2.52 bits per heavy atom. The van der Waals surface area contributed by atoms with Crippen LogP contribution >= 0.6 is 11.6 Å². The molecule has 0 aliphatic carbocycles. The second-order valence-corrected chi connectivity index (χ2v) is 4.63. The molecule has 0 spiro atoms. The fourth-order valence-electron chi connectivity index (χ4n) is 1.71. The first-order valence-electron chi connectivity index (χ1n) is 6.04. The number of para-hydroxylation sites is 2. The Morgan fingerprint density at radius 2 is 1.90 bits per heavy atom. The van der Waals surface area contributed by atoms with E-state index in [1.165, 1.54) is 25.1 Å². The molecule has 0 aromatic heterocycles. The number of carboxylic acids is 1. The SMILES string of the molecule is CC(=O)Nc1ccccc1Oc1ccc(C(=O)O)c(Cl)c1. The van der Waals surface area contributed by atoms with Gasteiger partial charge >= 0.3 is 5.97 Å². The monoisotopic (exact) mass is 305 g/mol. The minimum Gasteiger partial charge on any atom is -0.478 e. The molecule has 21 heavy (non-hydrogen) atoms. The standard InChI is InChI=1S/C15H12ClNO4/c1-9(18)17-13-4-2-3-5-14(13)21-10-6-7-11(15(19)20)12(16)8-10/h2-8H,1H3,(H,17,18)(H,19,20). The average Bonchev–Trinajstić information content (AvgIpc) is 2.40. The molecule has 0 radical (unpaired) electrons. The lowest BCUT2D eigenvalue weighted by Crippen LogP contribution is -2.06. The van der Waals surface area contributed by atoms with Crippen LogP contribution in [0.5, 0.6) is 11.5 Å². The van der Waals surface area contributed by atoms with Crippen LogP contribution in [0.3, 0.4) is 0 Å². The summed E-state index contributed by atoms with van der Waals surface area (Å²) in [6.07, 6.45) is 0. The highest BCUT2D eigenvalue weighted by atomic mass is 35.5. The van der Waals surface area contributed by atoms with Gasteiger partial charge in [0.2, 0.25) is 5.91 Å². The van der Waals surface area contributed by atoms with Crippen molar-refractivity contribution in [3.8, 4) is 11.5 Å². The molecule has 0 aliphatic rings. The van der Waals surface area contributed by atoms with Gasteiger partial charge in [-0.15, -0.1) is 0 Å². The molecule has 2 rings (SSSR count). The van der Waals surface area contributed by atoms with Crippen molar-refractivity contribution in [1.82, 2.24) is 0 Å². The molecule has 2 aromatic rings. The van der Waals surface area contributed by atoms with Gasteiger partial charge in [-0.25, -0.2) is 4.79 Å². The van der Waals surface area contributed by atoms with Crippen molar-refractivity contribution >= 4 is 29.2 Å². The molecule has 0 saturated heterocycles. The van der Waals surface area contributed by atoms with Crippen LogP contribution in [0.1, 0.15) is 17.3 Å².